The normalized spacial score (nSPS) is 27.0. The largest absolute Gasteiger partial charge is 0.491 e. The molecule has 1 aromatic rings. The molecular formula is C24H27FN4O2. The fourth-order valence-corrected chi connectivity index (χ4v) is 4.59. The van der Waals surface area contributed by atoms with Crippen molar-refractivity contribution in [2.45, 2.75) is 43.7 Å². The summed E-state index contributed by atoms with van der Waals surface area (Å²) in [5.41, 5.74) is 0.866. The third-order valence-corrected chi connectivity index (χ3v) is 6.56. The van der Waals surface area contributed by atoms with Crippen LogP contribution in [0.2, 0.25) is 0 Å². The number of fused-ring (bicyclic) bond motifs is 5. The summed E-state index contributed by atoms with van der Waals surface area (Å²) in [6.45, 7) is 5.03. The Balaban J connectivity index is 1.67. The fraction of sp³-hybridized carbons (Fsp3) is 0.417. The molecule has 1 amide bonds. The number of piperidine rings is 1. The van der Waals surface area contributed by atoms with Crippen molar-refractivity contribution in [3.8, 4) is 5.75 Å². The van der Waals surface area contributed by atoms with Crippen LogP contribution in [0.15, 0.2) is 59.5 Å². The number of nitrogens with one attached hydrogen (secondary N) is 1. The molecule has 0 radical (unpaired) electrons. The molecular weight excluding hydrogens is 395 g/mol. The van der Waals surface area contributed by atoms with Crippen LogP contribution in [0.5, 0.6) is 5.75 Å². The fourth-order valence-electron chi connectivity index (χ4n) is 4.59. The van der Waals surface area contributed by atoms with Gasteiger partial charge in [-0.2, -0.15) is 0 Å². The molecule has 1 aliphatic carbocycles. The topological polar surface area (TPSA) is 57.2 Å². The Kier molecular flexibility index (Phi) is 4.84. The summed E-state index contributed by atoms with van der Waals surface area (Å²) in [4.78, 5) is 22.1. The van der Waals surface area contributed by atoms with Crippen molar-refractivity contribution < 1.29 is 13.9 Å². The number of amidine groups is 1. The molecule has 1 saturated heterocycles. The molecule has 4 aliphatic rings. The molecule has 1 atom stereocenters. The van der Waals surface area contributed by atoms with E-state index in [4.69, 9.17) is 9.73 Å². The van der Waals surface area contributed by atoms with E-state index in [1.54, 1.807) is 18.2 Å². The highest BCUT2D eigenvalue weighted by atomic mass is 19.1. The number of aliphatic imine (C=N–C) groups is 1. The first kappa shape index (κ1) is 19.8. The van der Waals surface area contributed by atoms with E-state index in [-0.39, 0.29) is 17.8 Å². The van der Waals surface area contributed by atoms with Crippen LogP contribution in [0.4, 0.5) is 4.39 Å². The summed E-state index contributed by atoms with van der Waals surface area (Å²) in [6.07, 6.45) is 10.1. The van der Waals surface area contributed by atoms with Gasteiger partial charge in [-0.3, -0.25) is 4.79 Å². The number of carbonyl (C=O) groups is 1. The zero-order valence-electron chi connectivity index (χ0n) is 17.7. The van der Waals surface area contributed by atoms with E-state index in [1.165, 1.54) is 6.07 Å². The molecule has 2 bridgehead atoms. The molecule has 1 saturated carbocycles. The highest BCUT2D eigenvalue weighted by Crippen LogP contribution is 2.41. The smallest absolute Gasteiger partial charge is 0.255 e. The SMILES string of the molecule is C=C/C1=C2/N=C(C=CN2C)N2CCCCC2c2cc(F)ccc2OCC2(CC2)NC1=O. The van der Waals surface area contributed by atoms with E-state index < -0.39 is 5.54 Å². The van der Waals surface area contributed by atoms with Gasteiger partial charge in [0.1, 0.15) is 29.8 Å². The Morgan fingerprint density at radius 3 is 2.97 bits per heavy atom. The molecule has 1 unspecified atom stereocenters. The number of nitrogens with zero attached hydrogens (tertiary/aromatic N) is 3. The maximum atomic E-state index is 14.3. The molecule has 3 aliphatic heterocycles. The summed E-state index contributed by atoms with van der Waals surface area (Å²) >= 11 is 0. The zero-order valence-corrected chi connectivity index (χ0v) is 17.7. The van der Waals surface area contributed by atoms with Gasteiger partial charge in [0.05, 0.1) is 17.2 Å². The van der Waals surface area contributed by atoms with Gasteiger partial charge in [-0.25, -0.2) is 9.38 Å². The first-order valence-corrected chi connectivity index (χ1v) is 10.9. The average Bonchev–Trinajstić information content (AvgIpc) is 3.53. The summed E-state index contributed by atoms with van der Waals surface area (Å²) in [5.74, 6) is 1.52. The zero-order chi connectivity index (χ0) is 21.6. The summed E-state index contributed by atoms with van der Waals surface area (Å²) in [6, 6.07) is 4.69. The summed E-state index contributed by atoms with van der Waals surface area (Å²) in [5, 5.41) is 3.13. The van der Waals surface area contributed by atoms with Crippen molar-refractivity contribution in [3.63, 3.8) is 0 Å². The Morgan fingerprint density at radius 2 is 2.19 bits per heavy atom. The van der Waals surface area contributed by atoms with Crippen molar-refractivity contribution in [2.75, 3.05) is 20.2 Å². The molecule has 31 heavy (non-hydrogen) atoms. The van der Waals surface area contributed by atoms with E-state index in [0.717, 1.165) is 50.0 Å². The lowest BCUT2D eigenvalue weighted by Gasteiger charge is -2.39. The van der Waals surface area contributed by atoms with Gasteiger partial charge in [0.2, 0.25) is 0 Å². The van der Waals surface area contributed by atoms with Crippen molar-refractivity contribution in [2.24, 2.45) is 4.99 Å². The second kappa shape index (κ2) is 7.55. The maximum absolute atomic E-state index is 14.3. The van der Waals surface area contributed by atoms with Gasteiger partial charge in [-0.15, -0.1) is 0 Å². The third-order valence-electron chi connectivity index (χ3n) is 6.56. The molecule has 1 aromatic carbocycles. The molecule has 7 heteroatoms. The highest BCUT2D eigenvalue weighted by molar-refractivity contribution is 6.00. The highest BCUT2D eigenvalue weighted by Gasteiger charge is 2.46. The summed E-state index contributed by atoms with van der Waals surface area (Å²) < 4.78 is 20.5. The van der Waals surface area contributed by atoms with Gasteiger partial charge >= 0.3 is 0 Å². The predicted molar refractivity (Wildman–Crippen MR) is 117 cm³/mol. The van der Waals surface area contributed by atoms with Gasteiger partial charge < -0.3 is 19.9 Å². The van der Waals surface area contributed by atoms with Gasteiger partial charge in [0.25, 0.3) is 5.91 Å². The van der Waals surface area contributed by atoms with E-state index >= 15 is 0 Å². The molecule has 1 N–H and O–H groups in total. The molecule has 3 heterocycles. The van der Waals surface area contributed by atoms with Crippen LogP contribution in [0.3, 0.4) is 0 Å². The van der Waals surface area contributed by atoms with Crippen LogP contribution in [0.25, 0.3) is 0 Å². The van der Waals surface area contributed by atoms with Crippen LogP contribution in [-0.2, 0) is 4.79 Å². The first-order chi connectivity index (χ1) is 15.0. The van der Waals surface area contributed by atoms with Crippen LogP contribution in [0, 0.1) is 5.82 Å². The van der Waals surface area contributed by atoms with E-state index in [1.807, 2.05) is 24.2 Å². The lowest BCUT2D eigenvalue weighted by Crippen LogP contribution is -2.42. The molecule has 162 valence electrons. The van der Waals surface area contributed by atoms with Gasteiger partial charge in [-0.1, -0.05) is 12.7 Å². The van der Waals surface area contributed by atoms with E-state index in [2.05, 4.69) is 16.8 Å². The molecule has 0 aromatic heterocycles. The molecule has 2 fully saturated rings. The van der Waals surface area contributed by atoms with Crippen molar-refractivity contribution in [3.05, 3.63) is 65.9 Å². The number of hydrogen-bond acceptors (Lipinski definition) is 5. The van der Waals surface area contributed by atoms with Gasteiger partial charge in [0, 0.05) is 25.4 Å². The van der Waals surface area contributed by atoms with Crippen LogP contribution in [0.1, 0.15) is 43.7 Å². The van der Waals surface area contributed by atoms with Crippen molar-refractivity contribution in [1.82, 2.24) is 15.1 Å². The predicted octanol–water partition coefficient (Wildman–Crippen LogP) is 3.65. The molecule has 5 rings (SSSR count). The number of amides is 1. The Morgan fingerprint density at radius 1 is 1.35 bits per heavy atom. The standard InChI is InChI=1S/C24H27FN4O2/c1-3-17-22-26-21(9-13-28(22)2)29-12-5-4-6-19(29)18-14-16(25)7-8-20(18)31-15-24(10-11-24)27-23(17)30/h3,7-9,13-14,19H,1,4-6,10-12,15H2,2H3,(H,27,30)/b22-17+. The molecule has 1 spiro atoms. The minimum Gasteiger partial charge on any atom is -0.491 e. The lowest BCUT2D eigenvalue weighted by atomic mass is 9.94. The average molecular weight is 423 g/mol. The van der Waals surface area contributed by atoms with Crippen LogP contribution in [-0.4, -0.2) is 47.3 Å². The van der Waals surface area contributed by atoms with Crippen LogP contribution >= 0.6 is 0 Å². The van der Waals surface area contributed by atoms with E-state index in [0.29, 0.717) is 23.8 Å². The second-order valence-corrected chi connectivity index (χ2v) is 8.75. The minimum atomic E-state index is -0.409. The number of rotatable bonds is 1. The number of carbonyl (C=O) groups excluding carboxylic acids is 1. The Labute approximate surface area is 181 Å². The Hall–Kier alpha value is -3.09. The number of ether oxygens (including phenoxy) is 1. The lowest BCUT2D eigenvalue weighted by molar-refractivity contribution is -0.118. The quantitative estimate of drug-likeness (QED) is 0.751. The second-order valence-electron chi connectivity index (χ2n) is 8.75. The van der Waals surface area contributed by atoms with Gasteiger partial charge in [-0.05, 0) is 56.4 Å². The van der Waals surface area contributed by atoms with Gasteiger partial charge in [0.15, 0.2) is 0 Å². The number of halogens is 1. The third kappa shape index (κ3) is 3.62. The first-order valence-electron chi connectivity index (χ1n) is 10.9. The van der Waals surface area contributed by atoms with Crippen LogP contribution < -0.4 is 10.1 Å². The minimum absolute atomic E-state index is 0.0424. The maximum Gasteiger partial charge on any atom is 0.255 e. The Bertz CT molecular complexity index is 1020. The summed E-state index contributed by atoms with van der Waals surface area (Å²) in [7, 11) is 1.87. The number of benzene rings is 1. The van der Waals surface area contributed by atoms with Crippen molar-refractivity contribution >= 4 is 11.7 Å². The molecule has 6 nitrogen and oxygen atoms in total. The number of hydrogen-bond donors (Lipinski definition) is 1. The monoisotopic (exact) mass is 422 g/mol. The van der Waals surface area contributed by atoms with Crippen molar-refractivity contribution in [1.29, 1.82) is 0 Å². The van der Waals surface area contributed by atoms with E-state index in [9.17, 15) is 9.18 Å².